The summed E-state index contributed by atoms with van der Waals surface area (Å²) in [6.07, 6.45) is 0. The molecule has 12 heavy (non-hydrogen) atoms. The van der Waals surface area contributed by atoms with Gasteiger partial charge in [-0.05, 0) is 6.92 Å². The van der Waals surface area contributed by atoms with Gasteiger partial charge in [0.15, 0.2) is 0 Å². The van der Waals surface area contributed by atoms with E-state index in [-0.39, 0.29) is 24.9 Å². The first-order chi connectivity index (χ1) is 5.47. The third-order valence-electron chi connectivity index (χ3n) is 1.87. The topological polar surface area (TPSA) is 57.7 Å². The van der Waals surface area contributed by atoms with Crippen LogP contribution in [0, 0.1) is 0 Å². The summed E-state index contributed by atoms with van der Waals surface area (Å²) in [6, 6.07) is 0. The molecule has 0 unspecified atom stereocenters. The first-order valence-electron chi connectivity index (χ1n) is 3.69. The minimum Gasteiger partial charge on any atom is -0.331 e. The summed E-state index contributed by atoms with van der Waals surface area (Å²) in [5.41, 5.74) is 0. The number of hydrogen-bond acceptors (Lipinski definition) is 3. The molecular formula is C6H12N2O3S. The Balaban J connectivity index is 2.77. The minimum absolute atomic E-state index is 0.00727. The maximum Gasteiger partial charge on any atom is 0.238 e. The highest BCUT2D eigenvalue weighted by molar-refractivity contribution is 7.89. The van der Waals surface area contributed by atoms with Gasteiger partial charge in [-0.15, -0.1) is 0 Å². The van der Waals surface area contributed by atoms with E-state index >= 15 is 0 Å². The van der Waals surface area contributed by atoms with Crippen LogP contribution in [0.3, 0.4) is 0 Å². The first-order valence-corrected chi connectivity index (χ1v) is 5.30. The van der Waals surface area contributed by atoms with Gasteiger partial charge < -0.3 is 4.90 Å². The number of carbonyl (C=O) groups is 1. The third kappa shape index (κ3) is 1.59. The van der Waals surface area contributed by atoms with Crippen LogP contribution >= 0.6 is 0 Å². The van der Waals surface area contributed by atoms with Crippen molar-refractivity contribution < 1.29 is 13.2 Å². The summed E-state index contributed by atoms with van der Waals surface area (Å²) in [7, 11) is -1.60. The third-order valence-corrected chi connectivity index (χ3v) is 3.63. The van der Waals surface area contributed by atoms with Crippen LogP contribution in [-0.4, -0.2) is 49.5 Å². The Labute approximate surface area is 72.0 Å². The molecule has 0 aromatic heterocycles. The second kappa shape index (κ2) is 3.02. The Morgan fingerprint density at radius 1 is 1.50 bits per heavy atom. The van der Waals surface area contributed by atoms with E-state index in [1.165, 1.54) is 9.21 Å². The number of likely N-dealkylation sites (N-methyl/N-ethyl adjacent to an activating group) is 1. The lowest BCUT2D eigenvalue weighted by Crippen LogP contribution is -2.31. The van der Waals surface area contributed by atoms with Crippen molar-refractivity contribution in [1.82, 2.24) is 9.21 Å². The number of amides is 1. The quantitative estimate of drug-likeness (QED) is 0.568. The highest BCUT2D eigenvalue weighted by Gasteiger charge is 2.31. The van der Waals surface area contributed by atoms with Crippen molar-refractivity contribution >= 4 is 15.9 Å². The molecule has 0 spiro atoms. The fraction of sp³-hybridized carbons (Fsp3) is 0.833. The van der Waals surface area contributed by atoms with Crippen molar-refractivity contribution in [2.24, 2.45) is 0 Å². The molecule has 0 bridgehead atoms. The highest BCUT2D eigenvalue weighted by Crippen LogP contribution is 2.09. The van der Waals surface area contributed by atoms with Gasteiger partial charge in [0, 0.05) is 7.05 Å². The largest absolute Gasteiger partial charge is 0.331 e. The van der Waals surface area contributed by atoms with E-state index in [4.69, 9.17) is 0 Å². The molecule has 1 amide bonds. The lowest BCUT2D eigenvalue weighted by Gasteiger charge is -2.13. The monoisotopic (exact) mass is 192 g/mol. The van der Waals surface area contributed by atoms with Gasteiger partial charge >= 0.3 is 0 Å². The van der Waals surface area contributed by atoms with E-state index in [9.17, 15) is 13.2 Å². The number of carbonyl (C=O) groups excluding carboxylic acids is 1. The molecular weight excluding hydrogens is 180 g/mol. The van der Waals surface area contributed by atoms with Gasteiger partial charge in [0.25, 0.3) is 0 Å². The predicted octanol–water partition coefficient (Wildman–Crippen LogP) is -0.932. The van der Waals surface area contributed by atoms with Crippen LogP contribution in [0.4, 0.5) is 0 Å². The van der Waals surface area contributed by atoms with Gasteiger partial charge in [-0.25, -0.2) is 8.42 Å². The van der Waals surface area contributed by atoms with Crippen molar-refractivity contribution in [3.05, 3.63) is 0 Å². The van der Waals surface area contributed by atoms with E-state index in [1.807, 2.05) is 0 Å². The summed E-state index contributed by atoms with van der Waals surface area (Å²) < 4.78 is 23.7. The van der Waals surface area contributed by atoms with Gasteiger partial charge in [0.1, 0.15) is 0 Å². The van der Waals surface area contributed by atoms with Crippen molar-refractivity contribution in [3.63, 3.8) is 0 Å². The van der Waals surface area contributed by atoms with Crippen LogP contribution in [0.15, 0.2) is 0 Å². The molecule has 0 aliphatic carbocycles. The predicted molar refractivity (Wildman–Crippen MR) is 43.8 cm³/mol. The molecule has 1 aliphatic rings. The number of rotatable bonds is 2. The van der Waals surface area contributed by atoms with Crippen molar-refractivity contribution in [3.8, 4) is 0 Å². The molecule has 0 atom stereocenters. The standard InChI is InChI=1S/C6H12N2O3S/c1-3-12(10,11)8-4-6(9)7(2)5-8/h3-5H2,1-2H3. The van der Waals surface area contributed by atoms with Gasteiger partial charge in [0.05, 0.1) is 19.0 Å². The summed E-state index contributed by atoms with van der Waals surface area (Å²) in [4.78, 5) is 12.4. The molecule has 5 nitrogen and oxygen atoms in total. The molecule has 1 rings (SSSR count). The summed E-state index contributed by atoms with van der Waals surface area (Å²) >= 11 is 0. The summed E-state index contributed by atoms with van der Waals surface area (Å²) in [5, 5.41) is 0. The van der Waals surface area contributed by atoms with Crippen molar-refractivity contribution in [1.29, 1.82) is 0 Å². The molecule has 70 valence electrons. The van der Waals surface area contributed by atoms with Gasteiger partial charge in [-0.2, -0.15) is 4.31 Å². The average molecular weight is 192 g/mol. The van der Waals surface area contributed by atoms with Crippen molar-refractivity contribution in [2.75, 3.05) is 26.0 Å². The van der Waals surface area contributed by atoms with Gasteiger partial charge in [0.2, 0.25) is 15.9 Å². The normalized spacial score (nSPS) is 20.5. The Hall–Kier alpha value is -0.620. The molecule has 1 saturated heterocycles. The molecule has 0 aromatic carbocycles. The van der Waals surface area contributed by atoms with E-state index in [2.05, 4.69) is 0 Å². The minimum atomic E-state index is -3.19. The van der Waals surface area contributed by atoms with Crippen LogP contribution < -0.4 is 0 Å². The fourth-order valence-corrected chi connectivity index (χ4v) is 2.03. The molecule has 0 radical (unpaired) electrons. The maximum absolute atomic E-state index is 11.2. The second-order valence-electron chi connectivity index (χ2n) is 2.74. The molecule has 1 heterocycles. The molecule has 0 N–H and O–H groups in total. The maximum atomic E-state index is 11.2. The zero-order valence-corrected chi connectivity index (χ0v) is 7.97. The second-order valence-corrected chi connectivity index (χ2v) is 5.00. The van der Waals surface area contributed by atoms with Gasteiger partial charge in [-0.1, -0.05) is 0 Å². The summed E-state index contributed by atoms with van der Waals surface area (Å²) in [6.45, 7) is 1.75. The molecule has 6 heteroatoms. The smallest absolute Gasteiger partial charge is 0.238 e. The molecule has 1 fully saturated rings. The number of nitrogens with zero attached hydrogens (tertiary/aromatic N) is 2. The van der Waals surface area contributed by atoms with E-state index in [0.717, 1.165) is 0 Å². The zero-order chi connectivity index (χ0) is 9.35. The lowest BCUT2D eigenvalue weighted by molar-refractivity contribution is -0.125. The van der Waals surface area contributed by atoms with Gasteiger partial charge in [-0.3, -0.25) is 4.79 Å². The SMILES string of the molecule is CCS(=O)(=O)N1CC(=O)N(C)C1. The van der Waals surface area contributed by atoms with Crippen LogP contribution in [0.5, 0.6) is 0 Å². The highest BCUT2D eigenvalue weighted by atomic mass is 32.2. The average Bonchev–Trinajstić information content (AvgIpc) is 2.33. The zero-order valence-electron chi connectivity index (χ0n) is 7.15. The van der Waals surface area contributed by atoms with Crippen LogP contribution in [-0.2, 0) is 14.8 Å². The van der Waals surface area contributed by atoms with Crippen LogP contribution in [0.1, 0.15) is 6.92 Å². The Morgan fingerprint density at radius 2 is 2.08 bits per heavy atom. The van der Waals surface area contributed by atoms with Crippen LogP contribution in [0.25, 0.3) is 0 Å². The fourth-order valence-electron chi connectivity index (χ4n) is 1.01. The Bertz CT molecular complexity index is 285. The van der Waals surface area contributed by atoms with E-state index < -0.39 is 10.0 Å². The number of hydrogen-bond donors (Lipinski definition) is 0. The number of sulfonamides is 1. The molecule has 1 aliphatic heterocycles. The Kier molecular flexibility index (Phi) is 2.39. The van der Waals surface area contributed by atoms with Crippen molar-refractivity contribution in [2.45, 2.75) is 6.92 Å². The van der Waals surface area contributed by atoms with E-state index in [1.54, 1.807) is 14.0 Å². The summed E-state index contributed by atoms with van der Waals surface area (Å²) in [5.74, 6) is -0.0966. The molecule has 0 aromatic rings. The van der Waals surface area contributed by atoms with Crippen LogP contribution in [0.2, 0.25) is 0 Å². The lowest BCUT2D eigenvalue weighted by atomic mass is 10.6. The van der Waals surface area contributed by atoms with E-state index in [0.29, 0.717) is 0 Å². The Morgan fingerprint density at radius 3 is 2.42 bits per heavy atom. The molecule has 0 saturated carbocycles. The first kappa shape index (κ1) is 9.47.